The van der Waals surface area contributed by atoms with E-state index in [9.17, 15) is 18.0 Å². The molecule has 1 N–H and O–H groups in total. The molecule has 2 amide bonds. The molecule has 1 fully saturated rings. The Morgan fingerprint density at radius 3 is 2.12 bits per heavy atom. The molecular weight excluding hydrogens is 633 g/mol. The van der Waals surface area contributed by atoms with Gasteiger partial charge in [0.05, 0.1) is 24.8 Å². The molecule has 4 aromatic rings. The number of benzene rings is 4. The van der Waals surface area contributed by atoms with Crippen molar-refractivity contribution in [3.8, 4) is 11.5 Å². The molecule has 1 unspecified atom stereocenters. The molecule has 0 spiro atoms. The van der Waals surface area contributed by atoms with Crippen molar-refractivity contribution in [1.82, 2.24) is 10.2 Å². The zero-order valence-corrected chi connectivity index (χ0v) is 27.9. The number of sulfonamides is 1. The highest BCUT2D eigenvalue weighted by atomic mass is 32.2. The number of carbonyl (C=O) groups excluding carboxylic acids is 2. The SMILES string of the molecule is COc1ccc(N(CC(=O)N(Cc2ccccc2F)C(Cc2ccccc2)C(=O)NC2CCCC2)S(=O)(=O)c2ccccc2)cc1OC. The number of nitrogens with one attached hydrogen (secondary N) is 1. The Balaban J connectivity index is 1.59. The van der Waals surface area contributed by atoms with Crippen LogP contribution in [0.25, 0.3) is 0 Å². The Hall–Kier alpha value is -4.90. The molecule has 0 aromatic heterocycles. The van der Waals surface area contributed by atoms with Gasteiger partial charge < -0.3 is 19.7 Å². The van der Waals surface area contributed by atoms with Gasteiger partial charge in [0, 0.05) is 30.6 Å². The largest absolute Gasteiger partial charge is 0.493 e. The summed E-state index contributed by atoms with van der Waals surface area (Å²) in [7, 11) is -1.43. The Labute approximate surface area is 281 Å². The average molecular weight is 674 g/mol. The molecule has 1 aliphatic rings. The predicted octanol–water partition coefficient (Wildman–Crippen LogP) is 5.74. The van der Waals surface area contributed by atoms with E-state index >= 15 is 4.39 Å². The van der Waals surface area contributed by atoms with Crippen LogP contribution >= 0.6 is 0 Å². The number of ether oxygens (including phenoxy) is 2. The van der Waals surface area contributed by atoms with E-state index in [1.165, 1.54) is 49.5 Å². The highest BCUT2D eigenvalue weighted by molar-refractivity contribution is 7.92. The summed E-state index contributed by atoms with van der Waals surface area (Å²) in [6.07, 6.45) is 3.77. The smallest absolute Gasteiger partial charge is 0.264 e. The first-order valence-corrected chi connectivity index (χ1v) is 17.3. The lowest BCUT2D eigenvalue weighted by molar-refractivity contribution is -0.140. The van der Waals surface area contributed by atoms with E-state index < -0.39 is 34.3 Å². The van der Waals surface area contributed by atoms with Crippen LogP contribution in [-0.2, 0) is 32.6 Å². The maximum absolute atomic E-state index is 15.2. The van der Waals surface area contributed by atoms with E-state index in [2.05, 4.69) is 5.32 Å². The van der Waals surface area contributed by atoms with Gasteiger partial charge in [0.1, 0.15) is 18.4 Å². The van der Waals surface area contributed by atoms with Crippen molar-refractivity contribution < 1.29 is 31.9 Å². The van der Waals surface area contributed by atoms with Crippen LogP contribution in [0.15, 0.2) is 108 Å². The van der Waals surface area contributed by atoms with Crippen molar-refractivity contribution in [2.24, 2.45) is 0 Å². The fourth-order valence-corrected chi connectivity index (χ4v) is 7.39. The average Bonchev–Trinajstić information content (AvgIpc) is 3.62. The summed E-state index contributed by atoms with van der Waals surface area (Å²) in [5, 5.41) is 3.11. The van der Waals surface area contributed by atoms with Crippen LogP contribution in [-0.4, -0.2) is 58.0 Å². The maximum Gasteiger partial charge on any atom is 0.264 e. The summed E-state index contributed by atoms with van der Waals surface area (Å²) in [4.78, 5) is 30.0. The van der Waals surface area contributed by atoms with Gasteiger partial charge in [0.2, 0.25) is 11.8 Å². The summed E-state index contributed by atoms with van der Waals surface area (Å²) in [5.74, 6) is -0.971. The van der Waals surface area contributed by atoms with Gasteiger partial charge in [-0.2, -0.15) is 0 Å². The Morgan fingerprint density at radius 1 is 0.854 bits per heavy atom. The number of anilines is 1. The van der Waals surface area contributed by atoms with Gasteiger partial charge in [-0.25, -0.2) is 12.8 Å². The van der Waals surface area contributed by atoms with Gasteiger partial charge >= 0.3 is 0 Å². The third-order valence-electron chi connectivity index (χ3n) is 8.54. The van der Waals surface area contributed by atoms with Crippen LogP contribution in [0.2, 0.25) is 0 Å². The quantitative estimate of drug-likeness (QED) is 0.183. The molecule has 0 heterocycles. The summed E-state index contributed by atoms with van der Waals surface area (Å²) < 4.78 is 55.4. The topological polar surface area (TPSA) is 105 Å². The molecule has 252 valence electrons. The Kier molecular flexibility index (Phi) is 11.3. The first kappa shape index (κ1) is 34.4. The standard InChI is InChI=1S/C37H40FN3O6S/c1-46-34-22-21-30(24-35(34)47-2)41(48(44,45)31-18-7-4-8-19-31)26-36(42)40(25-28-15-9-12-20-32(28)38)33(23-27-13-5-3-6-14-27)37(43)39-29-16-10-11-17-29/h3-9,12-15,18-22,24,29,33H,10-11,16-17,23,25-26H2,1-2H3,(H,39,43). The van der Waals surface area contributed by atoms with Gasteiger partial charge in [-0.05, 0) is 48.7 Å². The first-order valence-electron chi connectivity index (χ1n) is 15.9. The van der Waals surface area contributed by atoms with Crippen LogP contribution < -0.4 is 19.1 Å². The minimum absolute atomic E-state index is 0.0342. The lowest BCUT2D eigenvalue weighted by Crippen LogP contribution is -2.54. The number of hydrogen-bond donors (Lipinski definition) is 1. The zero-order chi connectivity index (χ0) is 34.1. The van der Waals surface area contributed by atoms with Crippen molar-refractivity contribution in [3.05, 3.63) is 120 Å². The normalized spacial score (nSPS) is 13.8. The number of nitrogens with zero attached hydrogens (tertiary/aromatic N) is 2. The minimum Gasteiger partial charge on any atom is -0.493 e. The van der Waals surface area contributed by atoms with Crippen molar-refractivity contribution in [3.63, 3.8) is 0 Å². The van der Waals surface area contributed by atoms with Gasteiger partial charge in [-0.3, -0.25) is 13.9 Å². The molecule has 9 nitrogen and oxygen atoms in total. The first-order chi connectivity index (χ1) is 23.2. The van der Waals surface area contributed by atoms with Crippen molar-refractivity contribution >= 4 is 27.5 Å². The van der Waals surface area contributed by atoms with E-state index in [1.807, 2.05) is 30.3 Å². The van der Waals surface area contributed by atoms with Crippen LogP contribution in [0.5, 0.6) is 11.5 Å². The molecule has 48 heavy (non-hydrogen) atoms. The molecule has 11 heteroatoms. The van der Waals surface area contributed by atoms with Gasteiger partial charge in [0.25, 0.3) is 10.0 Å². The van der Waals surface area contributed by atoms with Gasteiger partial charge in [-0.1, -0.05) is 79.6 Å². The second kappa shape index (κ2) is 15.8. The number of halogens is 1. The van der Waals surface area contributed by atoms with Crippen molar-refractivity contribution in [1.29, 1.82) is 0 Å². The fraction of sp³-hybridized carbons (Fsp3) is 0.297. The second-order valence-electron chi connectivity index (χ2n) is 11.7. The molecule has 1 aliphatic carbocycles. The van der Waals surface area contributed by atoms with E-state index in [-0.39, 0.29) is 46.8 Å². The predicted molar refractivity (Wildman–Crippen MR) is 182 cm³/mol. The molecule has 4 aromatic carbocycles. The van der Waals surface area contributed by atoms with Crippen LogP contribution in [0.1, 0.15) is 36.8 Å². The van der Waals surface area contributed by atoms with Crippen LogP contribution in [0.4, 0.5) is 10.1 Å². The van der Waals surface area contributed by atoms with E-state index in [1.54, 1.807) is 42.5 Å². The Bertz CT molecular complexity index is 1800. The number of amides is 2. The summed E-state index contributed by atoms with van der Waals surface area (Å²) >= 11 is 0. The molecule has 0 saturated heterocycles. The highest BCUT2D eigenvalue weighted by Crippen LogP contribution is 2.34. The number of rotatable bonds is 14. The second-order valence-corrected chi connectivity index (χ2v) is 13.5. The van der Waals surface area contributed by atoms with Crippen LogP contribution in [0.3, 0.4) is 0 Å². The fourth-order valence-electron chi connectivity index (χ4n) is 5.96. The summed E-state index contributed by atoms with van der Waals surface area (Å²) in [6.45, 7) is -0.935. The van der Waals surface area contributed by atoms with Crippen molar-refractivity contribution in [2.75, 3.05) is 25.1 Å². The van der Waals surface area contributed by atoms with Gasteiger partial charge in [-0.15, -0.1) is 0 Å². The lowest BCUT2D eigenvalue weighted by atomic mass is 10.0. The molecule has 0 aliphatic heterocycles. The van der Waals surface area contributed by atoms with E-state index in [0.29, 0.717) is 5.75 Å². The number of hydrogen-bond acceptors (Lipinski definition) is 6. The maximum atomic E-state index is 15.2. The third-order valence-corrected chi connectivity index (χ3v) is 10.3. The lowest BCUT2D eigenvalue weighted by Gasteiger charge is -2.34. The summed E-state index contributed by atoms with van der Waals surface area (Å²) in [6, 6.07) is 26.5. The number of carbonyl (C=O) groups is 2. The summed E-state index contributed by atoms with van der Waals surface area (Å²) in [5.41, 5.74) is 1.14. The highest BCUT2D eigenvalue weighted by Gasteiger charge is 2.36. The molecular formula is C37H40FN3O6S. The van der Waals surface area contributed by atoms with Crippen LogP contribution in [0, 0.1) is 5.82 Å². The molecule has 0 radical (unpaired) electrons. The third kappa shape index (κ3) is 8.14. The minimum atomic E-state index is -4.32. The molecule has 1 atom stereocenters. The van der Waals surface area contributed by atoms with E-state index in [4.69, 9.17) is 9.47 Å². The van der Waals surface area contributed by atoms with Gasteiger partial charge in [0.15, 0.2) is 11.5 Å². The Morgan fingerprint density at radius 2 is 1.48 bits per heavy atom. The zero-order valence-electron chi connectivity index (χ0n) is 27.0. The van der Waals surface area contributed by atoms with E-state index in [0.717, 1.165) is 35.6 Å². The molecule has 5 rings (SSSR count). The van der Waals surface area contributed by atoms with Crippen molar-refractivity contribution in [2.45, 2.75) is 55.6 Å². The number of methoxy groups -OCH3 is 2. The molecule has 0 bridgehead atoms. The monoisotopic (exact) mass is 673 g/mol. The molecule has 1 saturated carbocycles.